The molecular formula is C21H26N2O3. The predicted octanol–water partition coefficient (Wildman–Crippen LogP) is 3.41. The largest absolute Gasteiger partial charge is 0.497 e. The minimum Gasteiger partial charge on any atom is -0.497 e. The summed E-state index contributed by atoms with van der Waals surface area (Å²) in [6.45, 7) is 2.73. The van der Waals surface area contributed by atoms with Crippen molar-refractivity contribution in [2.24, 2.45) is 5.92 Å². The standard InChI is InChI=1S/C21H26N2O3/c1-25-19-9-7-16(8-10-19)13-18(14-22)21(24)26-15-17-5-4-12-23-11-3-2-6-20(17)23/h7-10,13,17,20H,2-6,11-12,15H2,1H3/b18-13+/t17-,20-/m1/s1. The fourth-order valence-corrected chi connectivity index (χ4v) is 4.04. The van der Waals surface area contributed by atoms with E-state index in [0.29, 0.717) is 18.6 Å². The van der Waals surface area contributed by atoms with Gasteiger partial charge in [0.1, 0.15) is 17.4 Å². The second-order valence-electron chi connectivity index (χ2n) is 7.04. The molecular weight excluding hydrogens is 328 g/mol. The summed E-state index contributed by atoms with van der Waals surface area (Å²) in [4.78, 5) is 14.9. The number of carbonyl (C=O) groups is 1. The maximum Gasteiger partial charge on any atom is 0.348 e. The van der Waals surface area contributed by atoms with E-state index in [-0.39, 0.29) is 5.57 Å². The van der Waals surface area contributed by atoms with E-state index in [0.717, 1.165) is 37.2 Å². The lowest BCUT2D eigenvalue weighted by atomic mass is 9.84. The number of hydrogen-bond acceptors (Lipinski definition) is 5. The smallest absolute Gasteiger partial charge is 0.348 e. The van der Waals surface area contributed by atoms with E-state index >= 15 is 0 Å². The van der Waals surface area contributed by atoms with Gasteiger partial charge in [0, 0.05) is 12.0 Å². The normalized spacial score (nSPS) is 23.6. The van der Waals surface area contributed by atoms with Gasteiger partial charge < -0.3 is 9.47 Å². The highest BCUT2D eigenvalue weighted by molar-refractivity contribution is 5.97. The predicted molar refractivity (Wildman–Crippen MR) is 99.5 cm³/mol. The van der Waals surface area contributed by atoms with E-state index in [2.05, 4.69) is 4.90 Å². The molecule has 0 amide bonds. The maximum atomic E-state index is 12.4. The molecule has 0 aromatic heterocycles. The number of piperidine rings is 2. The lowest BCUT2D eigenvalue weighted by Gasteiger charge is -2.44. The summed E-state index contributed by atoms with van der Waals surface area (Å²) in [5, 5.41) is 9.33. The number of ether oxygens (including phenoxy) is 2. The van der Waals surface area contributed by atoms with Crippen LogP contribution in [0.1, 0.15) is 37.7 Å². The first-order valence-electron chi connectivity index (χ1n) is 9.38. The first-order valence-corrected chi connectivity index (χ1v) is 9.38. The molecule has 2 atom stereocenters. The van der Waals surface area contributed by atoms with Gasteiger partial charge in [-0.1, -0.05) is 18.6 Å². The van der Waals surface area contributed by atoms with E-state index in [1.54, 1.807) is 25.3 Å². The molecule has 3 rings (SSSR count). The van der Waals surface area contributed by atoms with Crippen LogP contribution >= 0.6 is 0 Å². The third-order valence-electron chi connectivity index (χ3n) is 5.42. The number of carbonyl (C=O) groups excluding carboxylic acids is 1. The highest BCUT2D eigenvalue weighted by atomic mass is 16.5. The van der Waals surface area contributed by atoms with Gasteiger partial charge in [0.05, 0.1) is 13.7 Å². The van der Waals surface area contributed by atoms with Gasteiger partial charge in [0.25, 0.3) is 0 Å². The van der Waals surface area contributed by atoms with E-state index in [1.807, 2.05) is 18.2 Å². The van der Waals surface area contributed by atoms with Crippen molar-refractivity contribution in [3.63, 3.8) is 0 Å². The van der Waals surface area contributed by atoms with Crippen molar-refractivity contribution in [2.45, 2.75) is 38.1 Å². The Balaban J connectivity index is 1.60. The number of hydrogen-bond donors (Lipinski definition) is 0. The van der Waals surface area contributed by atoms with Crippen LogP contribution in [-0.4, -0.2) is 43.7 Å². The number of esters is 1. The van der Waals surface area contributed by atoms with Crippen molar-refractivity contribution in [3.05, 3.63) is 35.4 Å². The van der Waals surface area contributed by atoms with Crippen molar-refractivity contribution in [2.75, 3.05) is 26.8 Å². The van der Waals surface area contributed by atoms with Crippen molar-refractivity contribution in [1.82, 2.24) is 4.90 Å². The topological polar surface area (TPSA) is 62.6 Å². The molecule has 26 heavy (non-hydrogen) atoms. The quantitative estimate of drug-likeness (QED) is 0.461. The minimum absolute atomic E-state index is 0.0338. The molecule has 0 spiro atoms. The van der Waals surface area contributed by atoms with Crippen LogP contribution in [0.3, 0.4) is 0 Å². The zero-order chi connectivity index (χ0) is 18.4. The first-order chi connectivity index (χ1) is 12.7. The Morgan fingerprint density at radius 3 is 2.73 bits per heavy atom. The average Bonchev–Trinajstić information content (AvgIpc) is 2.70. The van der Waals surface area contributed by atoms with Gasteiger partial charge in [-0.25, -0.2) is 4.79 Å². The third kappa shape index (κ3) is 4.44. The monoisotopic (exact) mass is 354 g/mol. The van der Waals surface area contributed by atoms with Crippen molar-refractivity contribution in [1.29, 1.82) is 5.26 Å². The average molecular weight is 354 g/mol. The van der Waals surface area contributed by atoms with Crippen LogP contribution in [0, 0.1) is 17.2 Å². The van der Waals surface area contributed by atoms with Gasteiger partial charge in [0.2, 0.25) is 0 Å². The molecule has 2 saturated heterocycles. The molecule has 2 aliphatic rings. The van der Waals surface area contributed by atoms with Gasteiger partial charge in [-0.05, 0) is 62.5 Å². The molecule has 0 aliphatic carbocycles. The second-order valence-corrected chi connectivity index (χ2v) is 7.04. The Kier molecular flexibility index (Phi) is 6.30. The number of nitriles is 1. The Morgan fingerprint density at radius 1 is 1.23 bits per heavy atom. The molecule has 2 heterocycles. The Hall–Kier alpha value is -2.32. The van der Waals surface area contributed by atoms with Gasteiger partial charge in [-0.3, -0.25) is 4.90 Å². The van der Waals surface area contributed by atoms with Gasteiger partial charge >= 0.3 is 5.97 Å². The summed E-state index contributed by atoms with van der Waals surface area (Å²) in [6.07, 6.45) is 7.53. The molecule has 5 heteroatoms. The third-order valence-corrected chi connectivity index (χ3v) is 5.42. The van der Waals surface area contributed by atoms with Gasteiger partial charge in [0.15, 0.2) is 0 Å². The Morgan fingerprint density at radius 2 is 2.00 bits per heavy atom. The molecule has 2 aliphatic heterocycles. The lowest BCUT2D eigenvalue weighted by molar-refractivity contribution is -0.141. The van der Waals surface area contributed by atoms with Crippen molar-refractivity contribution >= 4 is 12.0 Å². The molecule has 138 valence electrons. The summed E-state index contributed by atoms with van der Waals surface area (Å²) in [5.74, 6) is 0.586. The van der Waals surface area contributed by atoms with Crippen LogP contribution in [0.25, 0.3) is 6.08 Å². The van der Waals surface area contributed by atoms with E-state index in [1.165, 1.54) is 19.3 Å². The van der Waals surface area contributed by atoms with Gasteiger partial charge in [-0.2, -0.15) is 5.26 Å². The molecule has 1 aromatic rings. The van der Waals surface area contributed by atoms with Crippen LogP contribution in [0.2, 0.25) is 0 Å². The molecule has 0 N–H and O–H groups in total. The van der Waals surface area contributed by atoms with E-state index < -0.39 is 5.97 Å². The molecule has 0 radical (unpaired) electrons. The highest BCUT2D eigenvalue weighted by Crippen LogP contribution is 2.31. The van der Waals surface area contributed by atoms with Crippen LogP contribution in [0.4, 0.5) is 0 Å². The van der Waals surface area contributed by atoms with Crippen LogP contribution in [-0.2, 0) is 9.53 Å². The number of rotatable bonds is 5. The van der Waals surface area contributed by atoms with Crippen LogP contribution in [0.5, 0.6) is 5.75 Å². The summed E-state index contributed by atoms with van der Waals surface area (Å²) >= 11 is 0. The fourth-order valence-electron chi connectivity index (χ4n) is 4.04. The number of methoxy groups -OCH3 is 1. The molecule has 1 aromatic carbocycles. The number of benzene rings is 1. The number of nitrogens with zero attached hydrogens (tertiary/aromatic N) is 2. The van der Waals surface area contributed by atoms with Gasteiger partial charge in [-0.15, -0.1) is 0 Å². The summed E-state index contributed by atoms with van der Waals surface area (Å²) < 4.78 is 10.6. The molecule has 0 unspecified atom stereocenters. The molecule has 2 fully saturated rings. The molecule has 0 saturated carbocycles. The Bertz CT molecular complexity index is 688. The number of fused-ring (bicyclic) bond motifs is 1. The summed E-state index contributed by atoms with van der Waals surface area (Å²) in [6, 6.07) is 9.71. The minimum atomic E-state index is -0.531. The van der Waals surface area contributed by atoms with Crippen molar-refractivity contribution < 1.29 is 14.3 Å². The highest BCUT2D eigenvalue weighted by Gasteiger charge is 2.33. The molecule has 5 nitrogen and oxygen atoms in total. The van der Waals surface area contributed by atoms with Crippen LogP contribution in [0.15, 0.2) is 29.8 Å². The SMILES string of the molecule is COc1ccc(/C=C(\C#N)C(=O)OC[C@H]2CCCN3CCCC[C@H]23)cc1. The van der Waals surface area contributed by atoms with E-state index in [9.17, 15) is 10.1 Å². The van der Waals surface area contributed by atoms with Crippen LogP contribution < -0.4 is 4.74 Å². The van der Waals surface area contributed by atoms with Crippen molar-refractivity contribution in [3.8, 4) is 11.8 Å². The second kappa shape index (κ2) is 8.86. The molecule has 0 bridgehead atoms. The lowest BCUT2D eigenvalue weighted by Crippen LogP contribution is -2.49. The zero-order valence-electron chi connectivity index (χ0n) is 15.3. The zero-order valence-corrected chi connectivity index (χ0v) is 15.3. The summed E-state index contributed by atoms with van der Waals surface area (Å²) in [7, 11) is 1.60. The Labute approximate surface area is 155 Å². The fraction of sp³-hybridized carbons (Fsp3) is 0.524. The van der Waals surface area contributed by atoms with E-state index in [4.69, 9.17) is 9.47 Å². The maximum absolute atomic E-state index is 12.4. The first kappa shape index (κ1) is 18.5. The summed E-state index contributed by atoms with van der Waals surface area (Å²) in [5.41, 5.74) is 0.807.